The first-order valence-corrected chi connectivity index (χ1v) is 4.33. The molecule has 0 aromatic carbocycles. The van der Waals surface area contributed by atoms with Crippen LogP contribution < -0.4 is 0 Å². The first-order chi connectivity index (χ1) is 5.20. The lowest BCUT2D eigenvalue weighted by molar-refractivity contribution is 0.232. The van der Waals surface area contributed by atoms with Crippen molar-refractivity contribution in [1.29, 1.82) is 0 Å². The van der Waals surface area contributed by atoms with Crippen LogP contribution in [0, 0.1) is 0 Å². The van der Waals surface area contributed by atoms with Gasteiger partial charge in [0.15, 0.2) is 0 Å². The number of hydrogen-bond donors (Lipinski definition) is 1. The summed E-state index contributed by atoms with van der Waals surface area (Å²) in [5, 5.41) is 9.14. The Kier molecular flexibility index (Phi) is 2.79. The molecule has 1 aromatic rings. The molecule has 0 aliphatic carbocycles. The molecule has 0 amide bonds. The molecule has 0 radical (unpaired) electrons. The molecule has 0 bridgehead atoms. The fourth-order valence-corrected chi connectivity index (χ4v) is 1.26. The monoisotopic (exact) mass is 169 g/mol. The number of nitrogens with zero attached hydrogens (tertiary/aromatic N) is 1. The summed E-state index contributed by atoms with van der Waals surface area (Å²) in [5.74, 6) is 0. The summed E-state index contributed by atoms with van der Waals surface area (Å²) in [4.78, 5) is 5.01. The smallest absolute Gasteiger partial charge is 0.0797 e. The van der Waals surface area contributed by atoms with E-state index in [0.717, 1.165) is 10.5 Å². The zero-order chi connectivity index (χ0) is 8.27. The summed E-state index contributed by atoms with van der Waals surface area (Å²) in [7, 11) is 0. The van der Waals surface area contributed by atoms with Gasteiger partial charge in [-0.3, -0.25) is 4.98 Å². The van der Waals surface area contributed by atoms with Gasteiger partial charge in [0.25, 0.3) is 0 Å². The van der Waals surface area contributed by atoms with Crippen molar-refractivity contribution in [2.45, 2.75) is 20.0 Å². The second-order valence-electron chi connectivity index (χ2n) is 2.47. The van der Waals surface area contributed by atoms with Crippen LogP contribution in [0.5, 0.6) is 0 Å². The van der Waals surface area contributed by atoms with Gasteiger partial charge in [-0.2, -0.15) is 0 Å². The van der Waals surface area contributed by atoms with Gasteiger partial charge in [0.2, 0.25) is 0 Å². The van der Waals surface area contributed by atoms with Crippen molar-refractivity contribution in [3.63, 3.8) is 0 Å². The van der Waals surface area contributed by atoms with Crippen molar-refractivity contribution >= 4 is 17.4 Å². The van der Waals surface area contributed by atoms with Crippen LogP contribution in [0.15, 0.2) is 17.3 Å². The summed E-state index contributed by atoms with van der Waals surface area (Å²) >= 11 is 1.57. The molecule has 1 N–H and O–H groups in total. The predicted molar refractivity (Wildman–Crippen MR) is 47.4 cm³/mol. The van der Waals surface area contributed by atoms with E-state index in [1.807, 2.05) is 13.0 Å². The molecular formula is C8H11NOS. The first kappa shape index (κ1) is 8.43. The van der Waals surface area contributed by atoms with Crippen molar-refractivity contribution in [2.24, 2.45) is 0 Å². The lowest BCUT2D eigenvalue weighted by Gasteiger charge is -2.01. The van der Waals surface area contributed by atoms with Crippen LogP contribution in [0.1, 0.15) is 18.7 Å². The molecule has 0 saturated carbocycles. The number of hydrogen-bond acceptors (Lipinski definition) is 3. The molecule has 1 atom stereocenters. The topological polar surface area (TPSA) is 33.1 Å². The molecule has 1 rings (SSSR count). The van der Waals surface area contributed by atoms with Crippen molar-refractivity contribution in [3.8, 4) is 0 Å². The maximum atomic E-state index is 9.14. The van der Waals surface area contributed by atoms with Crippen molar-refractivity contribution in [3.05, 3.63) is 22.2 Å². The Labute approximate surface area is 70.2 Å². The highest BCUT2D eigenvalue weighted by Gasteiger charge is 1.98. The van der Waals surface area contributed by atoms with Crippen LogP contribution in [-0.2, 0) is 0 Å². The summed E-state index contributed by atoms with van der Waals surface area (Å²) in [6.07, 6.45) is 3.37. The van der Waals surface area contributed by atoms with Crippen LogP contribution in [0.25, 0.3) is 6.08 Å². The van der Waals surface area contributed by atoms with E-state index >= 15 is 0 Å². The van der Waals surface area contributed by atoms with Gasteiger partial charge < -0.3 is 5.11 Å². The average molecular weight is 169 g/mol. The van der Waals surface area contributed by atoms with Gasteiger partial charge in [-0.1, -0.05) is 0 Å². The molecule has 0 fully saturated rings. The molecule has 1 aromatic heterocycles. The molecule has 0 spiro atoms. The van der Waals surface area contributed by atoms with Crippen LogP contribution in [0.4, 0.5) is 0 Å². The Hall–Kier alpha value is -0.670. The third kappa shape index (κ3) is 2.44. The zero-order valence-corrected chi connectivity index (χ0v) is 7.43. The highest BCUT2D eigenvalue weighted by atomic mass is 32.1. The highest BCUT2D eigenvalue weighted by molar-refractivity contribution is 7.10. The minimum Gasteiger partial charge on any atom is -0.389 e. The van der Waals surface area contributed by atoms with Gasteiger partial charge >= 0.3 is 0 Å². The Balaban J connectivity index is 2.74. The van der Waals surface area contributed by atoms with E-state index in [1.54, 1.807) is 30.0 Å². The van der Waals surface area contributed by atoms with Gasteiger partial charge in [-0.15, -0.1) is 11.3 Å². The fraction of sp³-hybridized carbons (Fsp3) is 0.375. The fourth-order valence-electron chi connectivity index (χ4n) is 0.642. The van der Waals surface area contributed by atoms with E-state index in [0.29, 0.717) is 0 Å². The van der Waals surface area contributed by atoms with E-state index in [1.165, 1.54) is 0 Å². The number of aliphatic hydroxyl groups excluding tert-OH is 1. The van der Waals surface area contributed by atoms with Gasteiger partial charge in [0, 0.05) is 11.1 Å². The van der Waals surface area contributed by atoms with E-state index in [9.17, 15) is 0 Å². The van der Waals surface area contributed by atoms with Crippen molar-refractivity contribution < 1.29 is 5.11 Å². The summed E-state index contributed by atoms with van der Waals surface area (Å²) < 4.78 is 0. The quantitative estimate of drug-likeness (QED) is 0.733. The third-order valence-electron chi connectivity index (χ3n) is 1.48. The molecule has 0 aliphatic heterocycles. The van der Waals surface area contributed by atoms with Gasteiger partial charge in [0.05, 0.1) is 11.6 Å². The van der Waals surface area contributed by atoms with Gasteiger partial charge in [-0.25, -0.2) is 0 Å². The van der Waals surface area contributed by atoms with Gasteiger partial charge in [0.1, 0.15) is 0 Å². The molecule has 0 aliphatic rings. The van der Waals surface area contributed by atoms with Crippen LogP contribution in [0.3, 0.4) is 0 Å². The minimum atomic E-state index is -0.364. The Bertz CT molecular complexity index is 239. The highest BCUT2D eigenvalue weighted by Crippen LogP contribution is 2.12. The Morgan fingerprint density at radius 3 is 3.00 bits per heavy atom. The summed E-state index contributed by atoms with van der Waals surface area (Å²) in [6, 6.07) is 0. The molecule has 3 heteroatoms. The molecule has 0 saturated heterocycles. The second kappa shape index (κ2) is 3.64. The zero-order valence-electron chi connectivity index (χ0n) is 6.61. The molecule has 60 valence electrons. The number of thiazole rings is 1. The predicted octanol–water partition coefficient (Wildman–Crippen LogP) is 1.93. The Morgan fingerprint density at radius 2 is 2.55 bits per heavy atom. The average Bonchev–Trinajstić information content (AvgIpc) is 2.39. The normalized spacial score (nSPS) is 15.0. The minimum absolute atomic E-state index is 0.364. The Morgan fingerprint density at radius 1 is 1.82 bits per heavy atom. The number of aromatic nitrogens is 1. The third-order valence-corrected chi connectivity index (χ3v) is 2.20. The van der Waals surface area contributed by atoms with Crippen LogP contribution in [-0.4, -0.2) is 16.2 Å². The van der Waals surface area contributed by atoms with Gasteiger partial charge in [-0.05, 0) is 25.5 Å². The number of rotatable bonds is 2. The standard InChI is InChI=1S/C8H11NOS/c1-6(7(2)10)3-8-4-9-5-11-8/h3-5,7,10H,1-2H3/b6-3+. The maximum Gasteiger partial charge on any atom is 0.0797 e. The summed E-state index contributed by atoms with van der Waals surface area (Å²) in [6.45, 7) is 3.66. The molecular weight excluding hydrogens is 158 g/mol. The lowest BCUT2D eigenvalue weighted by Crippen LogP contribution is -1.99. The van der Waals surface area contributed by atoms with E-state index in [-0.39, 0.29) is 6.10 Å². The van der Waals surface area contributed by atoms with Crippen LogP contribution in [0.2, 0.25) is 0 Å². The molecule has 2 nitrogen and oxygen atoms in total. The van der Waals surface area contributed by atoms with Crippen molar-refractivity contribution in [2.75, 3.05) is 0 Å². The van der Waals surface area contributed by atoms with E-state index in [4.69, 9.17) is 5.11 Å². The lowest BCUT2D eigenvalue weighted by atomic mass is 10.2. The largest absolute Gasteiger partial charge is 0.389 e. The van der Waals surface area contributed by atoms with Crippen LogP contribution >= 0.6 is 11.3 Å². The molecule has 11 heavy (non-hydrogen) atoms. The summed E-state index contributed by atoms with van der Waals surface area (Å²) in [5.41, 5.74) is 2.75. The van der Waals surface area contributed by atoms with E-state index in [2.05, 4.69) is 4.98 Å². The molecule has 1 unspecified atom stereocenters. The van der Waals surface area contributed by atoms with Crippen molar-refractivity contribution in [1.82, 2.24) is 4.98 Å². The molecule has 1 heterocycles. The SMILES string of the molecule is C/C(=C\c1cncs1)C(C)O. The maximum absolute atomic E-state index is 9.14. The first-order valence-electron chi connectivity index (χ1n) is 3.45. The second-order valence-corrected chi connectivity index (χ2v) is 3.39. The number of aliphatic hydroxyl groups is 1. The van der Waals surface area contributed by atoms with E-state index < -0.39 is 0 Å².